The van der Waals surface area contributed by atoms with Crippen LogP contribution in [-0.4, -0.2) is 11.1 Å². The maximum absolute atomic E-state index is 10.8. The highest BCUT2D eigenvalue weighted by Gasteiger charge is 2.23. The molecule has 1 heterocycles. The van der Waals surface area contributed by atoms with Gasteiger partial charge in [-0.1, -0.05) is 20.8 Å². The largest absolute Gasteiger partial charge is 0.410 e. The zero-order chi connectivity index (χ0) is 12.5. The van der Waals surface area contributed by atoms with Crippen molar-refractivity contribution in [2.45, 2.75) is 26.2 Å². The van der Waals surface area contributed by atoms with Crippen LogP contribution in [0.4, 0.5) is 4.79 Å². The van der Waals surface area contributed by atoms with E-state index in [9.17, 15) is 4.79 Å². The summed E-state index contributed by atoms with van der Waals surface area (Å²) in [6, 6.07) is 0. The van der Waals surface area contributed by atoms with Gasteiger partial charge in [-0.25, -0.2) is 4.79 Å². The number of rotatable bonds is 1. The molecular formula is C10H12Br2N2O2. The van der Waals surface area contributed by atoms with Gasteiger partial charge in [0.25, 0.3) is 0 Å². The van der Waals surface area contributed by atoms with Gasteiger partial charge < -0.3 is 10.5 Å². The molecule has 0 aromatic carbocycles. The Labute approximate surface area is 111 Å². The normalized spacial score (nSPS) is 11.3. The third-order valence-electron chi connectivity index (χ3n) is 1.84. The lowest BCUT2D eigenvalue weighted by atomic mass is 9.91. The van der Waals surface area contributed by atoms with Crippen LogP contribution in [0.5, 0.6) is 5.75 Å². The fourth-order valence-corrected chi connectivity index (χ4v) is 2.81. The van der Waals surface area contributed by atoms with E-state index in [-0.39, 0.29) is 5.41 Å². The van der Waals surface area contributed by atoms with Crippen molar-refractivity contribution in [2.24, 2.45) is 5.73 Å². The molecule has 88 valence electrons. The number of nitrogens with zero attached hydrogens (tertiary/aromatic N) is 1. The van der Waals surface area contributed by atoms with Crippen molar-refractivity contribution >= 4 is 38.0 Å². The number of carbonyl (C=O) groups is 1. The maximum atomic E-state index is 10.8. The smallest absolute Gasteiger partial charge is 0.408 e. The average Bonchev–Trinajstić information content (AvgIpc) is 2.09. The van der Waals surface area contributed by atoms with E-state index in [1.807, 2.05) is 20.8 Å². The second-order valence-corrected chi connectivity index (χ2v) is 5.92. The quantitative estimate of drug-likeness (QED) is 0.843. The molecule has 1 rings (SSSR count). The minimum Gasteiger partial charge on any atom is -0.408 e. The first kappa shape index (κ1) is 13.4. The van der Waals surface area contributed by atoms with Gasteiger partial charge in [-0.3, -0.25) is 4.98 Å². The number of pyridine rings is 1. The molecule has 1 aromatic heterocycles. The van der Waals surface area contributed by atoms with E-state index in [1.54, 1.807) is 6.20 Å². The number of hydrogen-bond acceptors (Lipinski definition) is 3. The fraction of sp³-hybridized carbons (Fsp3) is 0.400. The van der Waals surface area contributed by atoms with Crippen molar-refractivity contribution in [2.75, 3.05) is 0 Å². The molecule has 0 spiro atoms. The molecule has 16 heavy (non-hydrogen) atoms. The van der Waals surface area contributed by atoms with Crippen molar-refractivity contribution < 1.29 is 9.53 Å². The lowest BCUT2D eigenvalue weighted by molar-refractivity contribution is 0.210. The summed E-state index contributed by atoms with van der Waals surface area (Å²) < 4.78 is 6.12. The summed E-state index contributed by atoms with van der Waals surface area (Å²) in [5.74, 6) is 0.354. The number of aromatic nitrogens is 1. The van der Waals surface area contributed by atoms with Gasteiger partial charge in [0.2, 0.25) is 0 Å². The molecule has 2 N–H and O–H groups in total. The van der Waals surface area contributed by atoms with Crippen LogP contribution in [0.3, 0.4) is 0 Å². The van der Waals surface area contributed by atoms with Gasteiger partial charge in [0, 0.05) is 11.6 Å². The minimum atomic E-state index is -0.854. The summed E-state index contributed by atoms with van der Waals surface area (Å²) in [6.07, 6.45) is 0.733. The molecule has 0 saturated carbocycles. The first-order chi connectivity index (χ1) is 7.23. The van der Waals surface area contributed by atoms with Crippen LogP contribution >= 0.6 is 31.9 Å². The molecule has 0 bridgehead atoms. The third-order valence-corrected chi connectivity index (χ3v) is 3.14. The minimum absolute atomic E-state index is 0.157. The van der Waals surface area contributed by atoms with Crippen LogP contribution in [0.15, 0.2) is 15.1 Å². The Morgan fingerprint density at radius 2 is 2.00 bits per heavy atom. The number of ether oxygens (including phenoxy) is 1. The van der Waals surface area contributed by atoms with E-state index < -0.39 is 6.09 Å². The maximum Gasteiger partial charge on any atom is 0.410 e. The highest BCUT2D eigenvalue weighted by molar-refractivity contribution is 9.11. The van der Waals surface area contributed by atoms with Gasteiger partial charge in [0.05, 0.1) is 14.6 Å². The SMILES string of the molecule is CC(C)(C)c1ncc(Br)c(OC(N)=O)c1Br. The third kappa shape index (κ3) is 2.95. The molecular weight excluding hydrogens is 340 g/mol. The summed E-state index contributed by atoms with van der Waals surface area (Å²) >= 11 is 6.62. The molecule has 1 aromatic rings. The van der Waals surface area contributed by atoms with Crippen LogP contribution in [0, 0.1) is 0 Å². The predicted molar refractivity (Wildman–Crippen MR) is 68.5 cm³/mol. The molecule has 4 nitrogen and oxygen atoms in total. The van der Waals surface area contributed by atoms with Gasteiger partial charge in [-0.15, -0.1) is 0 Å². The summed E-state index contributed by atoms with van der Waals surface area (Å²) in [4.78, 5) is 15.1. The van der Waals surface area contributed by atoms with Crippen LogP contribution < -0.4 is 10.5 Å². The number of carbonyl (C=O) groups excluding carboxylic acids is 1. The zero-order valence-corrected chi connectivity index (χ0v) is 12.3. The monoisotopic (exact) mass is 350 g/mol. The van der Waals surface area contributed by atoms with Crippen LogP contribution in [0.2, 0.25) is 0 Å². The highest BCUT2D eigenvalue weighted by atomic mass is 79.9. The van der Waals surface area contributed by atoms with Crippen LogP contribution in [0.1, 0.15) is 26.5 Å². The summed E-state index contributed by atoms with van der Waals surface area (Å²) in [7, 11) is 0. The Kier molecular flexibility index (Phi) is 3.96. The van der Waals surface area contributed by atoms with E-state index >= 15 is 0 Å². The first-order valence-corrected chi connectivity index (χ1v) is 6.14. The summed E-state index contributed by atoms with van der Waals surface area (Å²) in [6.45, 7) is 6.05. The lowest BCUT2D eigenvalue weighted by Crippen LogP contribution is -2.19. The standard InChI is InChI=1S/C10H12Br2N2O2/c1-10(2,3)8-6(12)7(16-9(13)15)5(11)4-14-8/h4H,1-3H3,(H2,13,15). The van der Waals surface area contributed by atoms with E-state index in [0.29, 0.717) is 14.7 Å². The second-order valence-electron chi connectivity index (χ2n) is 4.27. The number of amides is 1. The molecule has 0 aliphatic heterocycles. The Hall–Kier alpha value is -0.620. The molecule has 0 radical (unpaired) electrons. The number of halogens is 2. The van der Waals surface area contributed by atoms with E-state index in [1.165, 1.54) is 0 Å². The molecule has 6 heteroatoms. The second kappa shape index (κ2) is 4.71. The molecule has 1 amide bonds. The van der Waals surface area contributed by atoms with Gasteiger partial charge in [0.15, 0.2) is 5.75 Å². The van der Waals surface area contributed by atoms with Gasteiger partial charge >= 0.3 is 6.09 Å². The molecule has 0 saturated heterocycles. The van der Waals surface area contributed by atoms with Crippen LogP contribution in [-0.2, 0) is 5.41 Å². The molecule has 0 unspecified atom stereocenters. The number of hydrogen-bond donors (Lipinski definition) is 1. The van der Waals surface area contributed by atoms with Crippen LogP contribution in [0.25, 0.3) is 0 Å². The zero-order valence-electron chi connectivity index (χ0n) is 9.17. The fourth-order valence-electron chi connectivity index (χ4n) is 1.17. The Morgan fingerprint density at radius 1 is 1.44 bits per heavy atom. The molecule has 0 aliphatic carbocycles. The Balaban J connectivity index is 3.33. The number of primary amides is 1. The first-order valence-electron chi connectivity index (χ1n) is 4.55. The number of nitrogens with two attached hydrogens (primary N) is 1. The summed E-state index contributed by atoms with van der Waals surface area (Å²) in [5.41, 5.74) is 5.64. The average molecular weight is 352 g/mol. The predicted octanol–water partition coefficient (Wildman–Crippen LogP) is 3.36. The van der Waals surface area contributed by atoms with E-state index in [2.05, 4.69) is 36.8 Å². The van der Waals surface area contributed by atoms with E-state index in [0.717, 1.165) is 5.69 Å². The summed E-state index contributed by atoms with van der Waals surface area (Å²) in [5, 5.41) is 0. The molecule has 0 atom stereocenters. The van der Waals surface area contributed by atoms with Gasteiger partial charge in [-0.2, -0.15) is 0 Å². The van der Waals surface area contributed by atoms with Crippen molar-refractivity contribution in [1.82, 2.24) is 4.98 Å². The van der Waals surface area contributed by atoms with Crippen molar-refractivity contribution in [3.8, 4) is 5.75 Å². The Morgan fingerprint density at radius 3 is 2.44 bits per heavy atom. The highest BCUT2D eigenvalue weighted by Crippen LogP contribution is 2.39. The molecule has 0 fully saturated rings. The van der Waals surface area contributed by atoms with Gasteiger partial charge in [0.1, 0.15) is 0 Å². The van der Waals surface area contributed by atoms with Crippen molar-refractivity contribution in [3.63, 3.8) is 0 Å². The van der Waals surface area contributed by atoms with E-state index in [4.69, 9.17) is 10.5 Å². The Bertz CT molecular complexity index is 428. The molecule has 0 aliphatic rings. The lowest BCUT2D eigenvalue weighted by Gasteiger charge is -2.20. The van der Waals surface area contributed by atoms with Crippen molar-refractivity contribution in [3.05, 3.63) is 20.8 Å². The van der Waals surface area contributed by atoms with Crippen molar-refractivity contribution in [1.29, 1.82) is 0 Å². The topological polar surface area (TPSA) is 65.2 Å². The van der Waals surface area contributed by atoms with Gasteiger partial charge in [-0.05, 0) is 31.9 Å².